The summed E-state index contributed by atoms with van der Waals surface area (Å²) in [5, 5.41) is -0.0480. The van der Waals surface area contributed by atoms with Gasteiger partial charge >= 0.3 is 0 Å². The fourth-order valence-corrected chi connectivity index (χ4v) is 2.89. The normalized spacial score (nSPS) is 32.1. The number of hydrogen-bond acceptors (Lipinski definition) is 2. The summed E-state index contributed by atoms with van der Waals surface area (Å²) in [5.41, 5.74) is -0.446. The van der Waals surface area contributed by atoms with Gasteiger partial charge in [0.05, 0.1) is 0 Å². The molecule has 1 aliphatic heterocycles. The van der Waals surface area contributed by atoms with Gasteiger partial charge in [0.15, 0.2) is 0 Å². The van der Waals surface area contributed by atoms with E-state index in [2.05, 4.69) is 4.98 Å². The first-order valence-electron chi connectivity index (χ1n) is 15.0. The molecule has 124 valence electrons. The number of pyridine rings is 1. The second kappa shape index (κ2) is 6.06. The molecule has 0 bridgehead atoms. The van der Waals surface area contributed by atoms with Crippen LogP contribution in [0.2, 0.25) is 0 Å². The third-order valence-corrected chi connectivity index (χ3v) is 4.02. The lowest BCUT2D eigenvalue weighted by atomic mass is 10.0. The van der Waals surface area contributed by atoms with Gasteiger partial charge in [-0.2, -0.15) is 0 Å². The van der Waals surface area contributed by atoms with Crippen LogP contribution >= 0.6 is 0 Å². The van der Waals surface area contributed by atoms with Crippen LogP contribution in [0.15, 0.2) is 36.5 Å². The summed E-state index contributed by atoms with van der Waals surface area (Å²) in [7, 11) is 0. The maximum atomic E-state index is 8.76. The molecule has 4 rings (SSSR count). The number of fused-ring (bicyclic) bond motifs is 3. The molecule has 0 N–H and O–H groups in total. The van der Waals surface area contributed by atoms with Crippen LogP contribution < -0.4 is 0 Å². The van der Waals surface area contributed by atoms with E-state index in [1.165, 1.54) is 35.0 Å². The maximum Gasteiger partial charge on any atom is 0.0486 e. The van der Waals surface area contributed by atoms with E-state index in [0.29, 0.717) is 5.56 Å². The Hall–Kier alpha value is -2.13. The summed E-state index contributed by atoms with van der Waals surface area (Å²) in [4.78, 5) is 3.84. The first-order chi connectivity index (χ1) is 17.5. The zero-order valence-corrected chi connectivity index (χ0v) is 12.7. The minimum Gasteiger partial charge on any atom is -0.344 e. The highest BCUT2D eigenvalue weighted by molar-refractivity contribution is 5.86. The topological polar surface area (TPSA) is 21.1 Å². The maximum absolute atomic E-state index is 8.76. The van der Waals surface area contributed by atoms with Gasteiger partial charge in [0.2, 0.25) is 0 Å². The Morgan fingerprint density at radius 1 is 1.25 bits per heavy atom. The van der Waals surface area contributed by atoms with Crippen molar-refractivity contribution in [1.82, 2.24) is 14.5 Å². The van der Waals surface area contributed by atoms with Crippen molar-refractivity contribution in [3.8, 4) is 0 Å². The van der Waals surface area contributed by atoms with E-state index in [0.717, 1.165) is 6.07 Å². The van der Waals surface area contributed by atoms with Gasteiger partial charge in [-0.25, -0.2) is 0 Å². The second-order valence-corrected chi connectivity index (χ2v) is 5.59. The Morgan fingerprint density at radius 2 is 2.25 bits per heavy atom. The van der Waals surface area contributed by atoms with Crippen LogP contribution in [-0.4, -0.2) is 27.9 Å². The zero-order valence-electron chi connectivity index (χ0n) is 27.7. The molecule has 0 fully saturated rings. The van der Waals surface area contributed by atoms with Crippen LogP contribution in [0.1, 0.15) is 48.6 Å². The molecular formula is C21H25N3. The number of rotatable bonds is 3. The molecule has 0 atom stereocenters. The lowest BCUT2D eigenvalue weighted by Gasteiger charge is -2.24. The Morgan fingerprint density at radius 3 is 3.04 bits per heavy atom. The average Bonchev–Trinajstić information content (AvgIpc) is 3.10. The highest BCUT2D eigenvalue weighted by Crippen LogP contribution is 2.31. The minimum atomic E-state index is -3.38. The van der Waals surface area contributed by atoms with Gasteiger partial charge in [-0.3, -0.25) is 4.98 Å². The van der Waals surface area contributed by atoms with Crippen LogP contribution in [0.4, 0.5) is 0 Å². The molecule has 0 saturated carbocycles. The summed E-state index contributed by atoms with van der Waals surface area (Å²) in [6.45, 7) is -14.8. The predicted octanol–water partition coefficient (Wildman–Crippen LogP) is 3.88. The largest absolute Gasteiger partial charge is 0.344 e. The fraction of sp³-hybridized carbons (Fsp3) is 0.381. The van der Waals surface area contributed by atoms with Crippen molar-refractivity contribution < 1.29 is 20.6 Å². The van der Waals surface area contributed by atoms with Gasteiger partial charge in [0.25, 0.3) is 0 Å². The van der Waals surface area contributed by atoms with Crippen molar-refractivity contribution >= 4 is 10.9 Å². The molecule has 0 radical (unpaired) electrons. The third kappa shape index (κ3) is 2.73. The number of hydrogen-bond donors (Lipinski definition) is 0. The second-order valence-electron chi connectivity index (χ2n) is 5.59. The smallest absolute Gasteiger partial charge is 0.0486 e. The van der Waals surface area contributed by atoms with Crippen molar-refractivity contribution in [1.29, 1.82) is 0 Å². The number of likely N-dealkylation sites (N-methyl/N-ethyl adjacent to an activating group) is 1. The summed E-state index contributed by atoms with van der Waals surface area (Å²) < 4.78 is 123. The van der Waals surface area contributed by atoms with Crippen LogP contribution in [0.25, 0.3) is 10.9 Å². The summed E-state index contributed by atoms with van der Waals surface area (Å²) in [5.74, 6) is 0. The van der Waals surface area contributed by atoms with Crippen LogP contribution in [0, 0.1) is 13.7 Å². The van der Waals surface area contributed by atoms with Gasteiger partial charge < -0.3 is 9.47 Å². The van der Waals surface area contributed by atoms with Crippen LogP contribution in [0.3, 0.4) is 0 Å². The summed E-state index contributed by atoms with van der Waals surface area (Å²) >= 11 is 0. The molecule has 0 aliphatic carbocycles. The lowest BCUT2D eigenvalue weighted by Crippen LogP contribution is -2.27. The number of nitrogens with zero attached hydrogens (tertiary/aromatic N) is 3. The molecule has 3 heterocycles. The van der Waals surface area contributed by atoms with Crippen LogP contribution in [-0.2, 0) is 25.8 Å². The van der Waals surface area contributed by atoms with Crippen LogP contribution in [0.5, 0.6) is 0 Å². The molecule has 1 aromatic carbocycles. The van der Waals surface area contributed by atoms with E-state index >= 15 is 0 Å². The lowest BCUT2D eigenvalue weighted by molar-refractivity contribution is 0.309. The first kappa shape index (κ1) is 5.99. The Balaban J connectivity index is 1.97. The van der Waals surface area contributed by atoms with Crippen molar-refractivity contribution in [2.75, 3.05) is 13.5 Å². The Labute approximate surface area is 165 Å². The highest BCUT2D eigenvalue weighted by Gasteiger charge is 2.22. The van der Waals surface area contributed by atoms with Gasteiger partial charge in [-0.05, 0) is 56.4 Å². The molecule has 0 saturated heterocycles. The molecular weight excluding hydrogens is 294 g/mol. The minimum absolute atomic E-state index is 0.0480. The molecule has 0 spiro atoms. The van der Waals surface area contributed by atoms with Gasteiger partial charge in [-0.1, -0.05) is 17.7 Å². The van der Waals surface area contributed by atoms with E-state index in [9.17, 15) is 0 Å². The fourth-order valence-electron chi connectivity index (χ4n) is 2.89. The van der Waals surface area contributed by atoms with E-state index < -0.39 is 51.3 Å². The number of benzene rings is 1. The van der Waals surface area contributed by atoms with E-state index in [4.69, 9.17) is 20.6 Å². The van der Waals surface area contributed by atoms with Crippen molar-refractivity contribution in [2.45, 2.75) is 39.5 Å². The number of aromatic nitrogens is 2. The zero-order chi connectivity index (χ0) is 29.6. The van der Waals surface area contributed by atoms with E-state index in [1.54, 1.807) is 0 Å². The molecule has 3 aromatic rings. The van der Waals surface area contributed by atoms with Crippen molar-refractivity contribution in [3.05, 3.63) is 64.6 Å². The monoisotopic (exact) mass is 334 g/mol. The highest BCUT2D eigenvalue weighted by atomic mass is 15.1. The molecule has 1 aliphatic rings. The Kier molecular flexibility index (Phi) is 1.51. The van der Waals surface area contributed by atoms with Gasteiger partial charge in [0.1, 0.15) is 0 Å². The van der Waals surface area contributed by atoms with E-state index in [-0.39, 0.29) is 40.0 Å². The van der Waals surface area contributed by atoms with Crippen molar-refractivity contribution in [2.24, 2.45) is 0 Å². The standard InChI is InChI=1S/C21H25N3/c1-15-4-7-20-18(12-15)19-14-23(3)10-9-21(19)24(20)11-8-17-6-5-16(2)22-13-17/h4-7,12-13H,8-11,14H2,1-3H3/i1D3,2D3,3D3,9D2,10D2,14D2. The predicted molar refractivity (Wildman–Crippen MR) is 99.4 cm³/mol. The molecule has 2 aromatic heterocycles. The molecule has 0 unspecified atom stereocenters. The van der Waals surface area contributed by atoms with Crippen molar-refractivity contribution in [3.63, 3.8) is 0 Å². The average molecular weight is 335 g/mol. The van der Waals surface area contributed by atoms with E-state index in [1.807, 2.05) is 0 Å². The van der Waals surface area contributed by atoms with Gasteiger partial charge in [-0.15, -0.1) is 0 Å². The number of aryl methyl sites for hydroxylation is 4. The molecule has 3 nitrogen and oxygen atoms in total. The van der Waals surface area contributed by atoms with Gasteiger partial charge in [0, 0.05) is 75.0 Å². The summed E-state index contributed by atoms with van der Waals surface area (Å²) in [6, 6.07) is 6.68. The summed E-state index contributed by atoms with van der Waals surface area (Å²) in [6.07, 6.45) is -1.56. The third-order valence-electron chi connectivity index (χ3n) is 4.02. The quantitative estimate of drug-likeness (QED) is 0.725. The Bertz CT molecular complexity index is 1400. The molecule has 3 heteroatoms. The first-order valence-corrected chi connectivity index (χ1v) is 7.46. The molecule has 0 amide bonds. The SMILES string of the molecule is [2H]C([2H])([2H])c1ccc2c(c1)c1c(n2CCc2ccc(C([2H])([2H])[2H])nc2)C([2H])([2H])C([2H])([2H])N(C([2H])([2H])[2H])C1([2H])[2H]. The molecule has 24 heavy (non-hydrogen) atoms.